The molecule has 0 heterocycles. The zero-order valence-corrected chi connectivity index (χ0v) is 11.4. The van der Waals surface area contributed by atoms with Crippen LogP contribution >= 0.6 is 0 Å². The molecule has 0 aliphatic heterocycles. The Balaban J connectivity index is 0.000000639. The lowest BCUT2D eigenvalue weighted by molar-refractivity contribution is -0.111. The molecule has 11 nitrogen and oxygen atoms in total. The molecule has 12 heteroatoms. The molecule has 0 atom stereocenters. The lowest BCUT2D eigenvalue weighted by Gasteiger charge is -2.11. The Morgan fingerprint density at radius 2 is 1.50 bits per heavy atom. The van der Waals surface area contributed by atoms with Gasteiger partial charge in [-0.05, 0) is 22.1 Å². The van der Waals surface area contributed by atoms with Crippen LogP contribution in [0.25, 0.3) is 32.5 Å². The average molecular weight is 323 g/mol. The van der Waals surface area contributed by atoms with Crippen molar-refractivity contribution in [2.24, 2.45) is 0 Å². The number of fused-ring (bicyclic) bond motifs is 1. The van der Waals surface area contributed by atoms with E-state index in [2.05, 4.69) is 0 Å². The molecule has 1 aromatic carbocycles. The van der Waals surface area contributed by atoms with Crippen LogP contribution < -0.4 is 0 Å². The monoisotopic (exact) mass is 323 g/mol. The summed E-state index contributed by atoms with van der Waals surface area (Å²) < 4.78 is 30.5. The van der Waals surface area contributed by atoms with Crippen LogP contribution in [0.15, 0.2) is 29.2 Å². The Bertz CT molecular complexity index is 789. The third kappa shape index (κ3) is 4.74. The van der Waals surface area contributed by atoms with E-state index in [1.165, 1.54) is 17.0 Å². The fourth-order valence-corrected chi connectivity index (χ4v) is 2.07. The number of carbonyl (C=O) groups excluding carboxylic acids is 2. The number of hydrogen-bond donors (Lipinski definition) is 2. The fourth-order valence-electron chi connectivity index (χ4n) is 1.46. The topological polar surface area (TPSA) is 207 Å². The van der Waals surface area contributed by atoms with Gasteiger partial charge in [0.25, 0.3) is 10.1 Å². The van der Waals surface area contributed by atoms with Crippen LogP contribution in [0.5, 0.6) is 0 Å². The molecular formula is C10H7N6O5S-. The predicted octanol–water partition coefficient (Wildman–Crippen LogP) is 2.42. The van der Waals surface area contributed by atoms with Crippen LogP contribution in [0.4, 0.5) is 0 Å². The summed E-state index contributed by atoms with van der Waals surface area (Å²) in [5.74, 6) is -2.13. The Kier molecular flexibility index (Phi) is 7.01. The largest absolute Gasteiger partial charge is 0.373 e. The van der Waals surface area contributed by atoms with E-state index < -0.39 is 26.6 Å². The highest BCUT2D eigenvalue weighted by Crippen LogP contribution is 2.23. The van der Waals surface area contributed by atoms with Gasteiger partial charge in [-0.1, -0.05) is 24.3 Å². The van der Waals surface area contributed by atoms with Crippen molar-refractivity contribution in [1.29, 1.82) is 5.53 Å². The molecule has 1 aromatic rings. The van der Waals surface area contributed by atoms with E-state index in [1.54, 1.807) is 17.0 Å². The minimum Gasteiger partial charge on any atom is -0.373 e. The average Bonchev–Trinajstić information content (AvgIpc) is 2.43. The van der Waals surface area contributed by atoms with E-state index in [-0.39, 0.29) is 5.56 Å². The van der Waals surface area contributed by atoms with Gasteiger partial charge >= 0.3 is 0 Å². The lowest BCUT2D eigenvalue weighted by atomic mass is 9.95. The molecule has 2 N–H and O–H groups in total. The first-order valence-electron chi connectivity index (χ1n) is 5.11. The molecule has 2 rings (SSSR count). The van der Waals surface area contributed by atoms with E-state index >= 15 is 0 Å². The van der Waals surface area contributed by atoms with Gasteiger partial charge < -0.3 is 11.1 Å². The Hall–Kier alpha value is -3.17. The van der Waals surface area contributed by atoms with Crippen molar-refractivity contribution < 1.29 is 22.6 Å². The van der Waals surface area contributed by atoms with Gasteiger partial charge in [0.15, 0.2) is 0 Å². The second kappa shape index (κ2) is 8.19. The van der Waals surface area contributed by atoms with Gasteiger partial charge in [-0.25, -0.2) is 0 Å². The molecule has 0 saturated carbocycles. The van der Waals surface area contributed by atoms with Gasteiger partial charge in [0.05, 0.1) is 0 Å². The lowest BCUT2D eigenvalue weighted by Crippen LogP contribution is -2.25. The summed E-state index contributed by atoms with van der Waals surface area (Å²) in [5, 5.41) is 0. The zero-order chi connectivity index (χ0) is 17.3. The highest BCUT2D eigenvalue weighted by atomic mass is 32.2. The normalized spacial score (nSPS) is 12.1. The predicted molar refractivity (Wildman–Crippen MR) is 74.8 cm³/mol. The van der Waals surface area contributed by atoms with Gasteiger partial charge in [-0.2, -0.15) is 8.42 Å². The number of hydrogen-bond acceptors (Lipinski definition) is 5. The molecule has 0 fully saturated rings. The highest BCUT2D eigenvalue weighted by molar-refractivity contribution is 7.91. The van der Waals surface area contributed by atoms with Gasteiger partial charge in [0, 0.05) is 5.56 Å². The number of Topliss-reactive ketones (excluding diaryl/α,β-unsaturated/α-hetero) is 2. The molecule has 22 heavy (non-hydrogen) atoms. The molecule has 0 radical (unpaired) electrons. The summed E-state index contributed by atoms with van der Waals surface area (Å²) in [4.78, 5) is 25.3. The molecule has 114 valence electrons. The maximum absolute atomic E-state index is 11.5. The standard InChI is InChI=1S/C10H6O5S.HN3.N3/c11-9-7-4-2-1-3-6(7)5-8(10(9)12)16(13,14)15;2*1-3-2/h1-5H,(H,13,14,15);1H;/q;;-1. The van der Waals surface area contributed by atoms with Crippen molar-refractivity contribution in [2.45, 2.75) is 0 Å². The number of nitrogens with one attached hydrogen (secondary N) is 1. The molecule has 0 bridgehead atoms. The van der Waals surface area contributed by atoms with E-state index in [1.807, 2.05) is 0 Å². The number of allylic oxidation sites excluding steroid dienone is 1. The molecule has 0 amide bonds. The van der Waals surface area contributed by atoms with Crippen LogP contribution in [0.1, 0.15) is 15.9 Å². The first-order valence-corrected chi connectivity index (χ1v) is 6.55. The quantitative estimate of drug-likeness (QED) is 0.261. The zero-order valence-electron chi connectivity index (χ0n) is 10.6. The second-order valence-electron chi connectivity index (χ2n) is 3.42. The minimum absolute atomic E-state index is 0.139. The van der Waals surface area contributed by atoms with Crippen LogP contribution in [0.3, 0.4) is 0 Å². The molecular weight excluding hydrogens is 316 g/mol. The van der Waals surface area contributed by atoms with Crippen molar-refractivity contribution in [3.8, 4) is 0 Å². The summed E-state index contributed by atoms with van der Waals surface area (Å²) >= 11 is 0. The minimum atomic E-state index is -4.66. The molecule has 0 saturated heterocycles. The Morgan fingerprint density at radius 1 is 1.05 bits per heavy atom. The van der Waals surface area contributed by atoms with Crippen LogP contribution in [0.2, 0.25) is 0 Å². The van der Waals surface area contributed by atoms with Crippen molar-refractivity contribution in [2.75, 3.05) is 0 Å². The molecule has 0 spiro atoms. The summed E-state index contributed by atoms with van der Waals surface area (Å²) in [6.07, 6.45) is 0.994. The molecule has 1 aliphatic rings. The van der Waals surface area contributed by atoms with Crippen LogP contribution in [-0.4, -0.2) is 24.5 Å². The third-order valence-electron chi connectivity index (χ3n) is 2.20. The maximum Gasteiger partial charge on any atom is 0.298 e. The van der Waals surface area contributed by atoms with E-state index in [9.17, 15) is 18.0 Å². The first-order chi connectivity index (χ1) is 10.2. The number of nitrogens with zero attached hydrogens (tertiary/aromatic N) is 5. The van der Waals surface area contributed by atoms with E-state index in [4.69, 9.17) is 26.7 Å². The first kappa shape index (κ1) is 18.8. The van der Waals surface area contributed by atoms with Crippen molar-refractivity contribution in [1.82, 2.24) is 0 Å². The summed E-state index contributed by atoms with van der Waals surface area (Å²) in [6.45, 7) is 0. The van der Waals surface area contributed by atoms with Crippen LogP contribution in [-0.2, 0) is 14.9 Å². The highest BCUT2D eigenvalue weighted by Gasteiger charge is 2.33. The maximum atomic E-state index is 11.5. The molecule has 0 aromatic heterocycles. The number of carbonyl (C=O) groups is 2. The summed E-state index contributed by atoms with van der Waals surface area (Å²) in [5.41, 5.74) is 26.2. The molecule has 0 unspecified atom stereocenters. The van der Waals surface area contributed by atoms with Gasteiger partial charge in [0.1, 0.15) is 4.91 Å². The van der Waals surface area contributed by atoms with Crippen molar-refractivity contribution in [3.05, 3.63) is 66.7 Å². The SMILES string of the molecule is O=C1C(=O)c2ccccc2C=C1S(=O)(=O)O.[N-]=[N+]=N.[N-]=[N+]=[N-]. The number of rotatable bonds is 1. The Labute approximate surface area is 123 Å². The van der Waals surface area contributed by atoms with Gasteiger partial charge in [-0.3, -0.25) is 19.1 Å². The fraction of sp³-hybridized carbons (Fsp3) is 0. The van der Waals surface area contributed by atoms with Gasteiger partial charge in [0.2, 0.25) is 11.6 Å². The third-order valence-corrected chi connectivity index (χ3v) is 3.06. The number of benzene rings is 1. The van der Waals surface area contributed by atoms with Gasteiger partial charge in [-0.15, -0.1) is 5.53 Å². The van der Waals surface area contributed by atoms with Crippen molar-refractivity contribution >= 4 is 27.8 Å². The number of ketones is 2. The van der Waals surface area contributed by atoms with E-state index in [0.29, 0.717) is 5.56 Å². The van der Waals surface area contributed by atoms with Crippen molar-refractivity contribution in [3.63, 3.8) is 0 Å². The summed E-state index contributed by atoms with van der Waals surface area (Å²) in [7, 11) is -4.66. The second-order valence-corrected chi connectivity index (χ2v) is 4.81. The van der Waals surface area contributed by atoms with Crippen LogP contribution in [0, 0.1) is 5.53 Å². The Morgan fingerprint density at radius 3 is 1.95 bits per heavy atom. The summed E-state index contributed by atoms with van der Waals surface area (Å²) in [6, 6.07) is 6.08. The molecule has 1 aliphatic carbocycles. The van der Waals surface area contributed by atoms with E-state index in [0.717, 1.165) is 6.08 Å². The smallest absolute Gasteiger partial charge is 0.298 e.